The van der Waals surface area contributed by atoms with Crippen LogP contribution in [0, 0.1) is 6.20 Å². The predicted molar refractivity (Wildman–Crippen MR) is 69.0 cm³/mol. The molecule has 0 saturated carbocycles. The van der Waals surface area contributed by atoms with Crippen LogP contribution in [0.25, 0.3) is 0 Å². The van der Waals surface area contributed by atoms with Gasteiger partial charge in [0.25, 0.3) is 0 Å². The second-order valence-electron chi connectivity index (χ2n) is 5.07. The van der Waals surface area contributed by atoms with Gasteiger partial charge in [0, 0.05) is 39.4 Å². The molecule has 0 bridgehead atoms. The van der Waals surface area contributed by atoms with Crippen molar-refractivity contribution in [3.63, 3.8) is 0 Å². The fourth-order valence-corrected chi connectivity index (χ4v) is 3.05. The first-order chi connectivity index (χ1) is 9.21. The lowest BCUT2D eigenvalue weighted by Crippen LogP contribution is -2.55. The van der Waals surface area contributed by atoms with Gasteiger partial charge >= 0.3 is 0 Å². The molecule has 0 aliphatic carbocycles. The van der Waals surface area contributed by atoms with Gasteiger partial charge in [0.1, 0.15) is 11.5 Å². The molecule has 103 valence electrons. The van der Waals surface area contributed by atoms with E-state index in [0.29, 0.717) is 6.61 Å². The minimum absolute atomic E-state index is 0.111. The Kier molecular flexibility index (Phi) is 3.10. The number of rotatable bonds is 1. The first-order valence-corrected chi connectivity index (χ1v) is 6.68. The first-order valence-electron chi connectivity index (χ1n) is 6.68. The van der Waals surface area contributed by atoms with Crippen molar-refractivity contribution in [2.75, 3.05) is 26.2 Å². The van der Waals surface area contributed by atoms with Crippen LogP contribution >= 0.6 is 0 Å². The molecule has 3 aliphatic rings. The maximum Gasteiger partial charge on any atom is 0.221 e. The number of piperidine rings is 1. The van der Waals surface area contributed by atoms with E-state index >= 15 is 0 Å². The van der Waals surface area contributed by atoms with Gasteiger partial charge in [0.15, 0.2) is 0 Å². The highest BCUT2D eigenvalue weighted by Crippen LogP contribution is 2.34. The van der Waals surface area contributed by atoms with Gasteiger partial charge < -0.3 is 14.5 Å². The quantitative estimate of drug-likeness (QED) is 0.693. The lowest BCUT2D eigenvalue weighted by atomic mass is 9.98. The van der Waals surface area contributed by atoms with Crippen molar-refractivity contribution in [3.8, 4) is 0 Å². The topological polar surface area (TPSA) is 56.8 Å². The van der Waals surface area contributed by atoms with Gasteiger partial charge in [-0.1, -0.05) is 0 Å². The van der Waals surface area contributed by atoms with Gasteiger partial charge in [-0.2, -0.15) is 0 Å². The number of hydrogen-bond acceptors (Lipinski definition) is 5. The van der Waals surface area contributed by atoms with E-state index in [1.807, 2.05) is 17.1 Å². The molecule has 0 atom stereocenters. The number of carbonyl (C=O) groups is 1. The van der Waals surface area contributed by atoms with Crippen molar-refractivity contribution in [1.82, 2.24) is 20.7 Å². The summed E-state index contributed by atoms with van der Waals surface area (Å²) in [5.74, 6) is 1.15. The molecule has 6 heteroatoms. The lowest BCUT2D eigenvalue weighted by molar-refractivity contribution is -0.155. The summed E-state index contributed by atoms with van der Waals surface area (Å²) in [5, 5.41) is 0. The third-order valence-corrected chi connectivity index (χ3v) is 4.03. The number of allylic oxidation sites excluding steroid dienone is 2. The van der Waals surface area contributed by atoms with Crippen molar-refractivity contribution >= 4 is 5.91 Å². The van der Waals surface area contributed by atoms with Crippen molar-refractivity contribution in [2.24, 2.45) is 0 Å². The van der Waals surface area contributed by atoms with Crippen LogP contribution in [0.4, 0.5) is 0 Å². The van der Waals surface area contributed by atoms with Gasteiger partial charge in [-0.25, -0.2) is 0 Å². The normalized spacial score (nSPS) is 25.0. The summed E-state index contributed by atoms with van der Waals surface area (Å²) in [6, 6.07) is 0. The zero-order chi connectivity index (χ0) is 13.3. The highest BCUT2D eigenvalue weighted by Gasteiger charge is 2.46. The van der Waals surface area contributed by atoms with E-state index in [4.69, 9.17) is 4.74 Å². The molecule has 1 amide bonds. The molecule has 1 spiro atoms. The van der Waals surface area contributed by atoms with Crippen LogP contribution in [0.1, 0.15) is 19.8 Å². The molecule has 0 aromatic heterocycles. The Bertz CT molecular complexity index is 424. The predicted octanol–water partition coefficient (Wildman–Crippen LogP) is -0.0767. The molecule has 3 aliphatic heterocycles. The van der Waals surface area contributed by atoms with Gasteiger partial charge in [0.2, 0.25) is 5.91 Å². The molecule has 1 radical (unpaired) electrons. The molecule has 2 fully saturated rings. The van der Waals surface area contributed by atoms with E-state index in [1.165, 1.54) is 0 Å². The Hall–Kier alpha value is -1.69. The first kappa shape index (κ1) is 12.3. The summed E-state index contributed by atoms with van der Waals surface area (Å²) in [6.45, 7) is 4.74. The van der Waals surface area contributed by atoms with Crippen LogP contribution in [0.15, 0.2) is 18.0 Å². The minimum Gasteiger partial charge on any atom is -0.357 e. The highest BCUT2D eigenvalue weighted by molar-refractivity contribution is 5.74. The number of nitrogens with zero attached hydrogens (tertiary/aromatic N) is 2. The van der Waals surface area contributed by atoms with Crippen LogP contribution in [0.3, 0.4) is 0 Å². The molecule has 3 heterocycles. The summed E-state index contributed by atoms with van der Waals surface area (Å²) in [6.07, 6.45) is 8.39. The van der Waals surface area contributed by atoms with E-state index < -0.39 is 0 Å². The van der Waals surface area contributed by atoms with E-state index in [2.05, 4.69) is 22.0 Å². The smallest absolute Gasteiger partial charge is 0.221 e. The number of carbonyl (C=O) groups excluding carboxylic acids is 1. The second-order valence-corrected chi connectivity index (χ2v) is 5.07. The monoisotopic (exact) mass is 263 g/mol. The van der Waals surface area contributed by atoms with Crippen molar-refractivity contribution in [3.05, 3.63) is 24.2 Å². The van der Waals surface area contributed by atoms with Crippen LogP contribution in [-0.2, 0) is 9.53 Å². The summed E-state index contributed by atoms with van der Waals surface area (Å²) in [5.41, 5.74) is 5.57. The van der Waals surface area contributed by atoms with Crippen molar-refractivity contribution in [1.29, 1.82) is 0 Å². The molecule has 0 aromatic rings. The maximum atomic E-state index is 11.7. The molecule has 19 heavy (non-hydrogen) atoms. The molecule has 3 rings (SSSR count). The van der Waals surface area contributed by atoms with E-state index in [1.54, 1.807) is 6.92 Å². The zero-order valence-electron chi connectivity index (χ0n) is 11.1. The number of amides is 1. The van der Waals surface area contributed by atoms with Crippen molar-refractivity contribution in [2.45, 2.75) is 25.5 Å². The maximum absolute atomic E-state index is 11.7. The molecule has 2 saturated heterocycles. The minimum atomic E-state index is -0.368. The standard InChI is InChI=1S/C13H19N4O2/c1-11(18)17-9-10-19-13(17)4-7-16(8-5-13)12-3-2-6-14-15-12/h2-3,14-15H,4-5,7-10H2,1H3. The summed E-state index contributed by atoms with van der Waals surface area (Å²) in [4.78, 5) is 15.8. The van der Waals surface area contributed by atoms with Gasteiger partial charge in [-0.05, 0) is 12.2 Å². The van der Waals surface area contributed by atoms with Crippen LogP contribution in [0.5, 0.6) is 0 Å². The number of likely N-dealkylation sites (tertiary alicyclic amines) is 1. The van der Waals surface area contributed by atoms with Gasteiger partial charge in [0.05, 0.1) is 12.8 Å². The SMILES string of the molecule is CC(=O)N1CCOC12CCN(C1=CC=[C]NN1)CC2. The Morgan fingerprint density at radius 2 is 2.21 bits per heavy atom. The van der Waals surface area contributed by atoms with E-state index in [9.17, 15) is 4.79 Å². The molecular formula is C13H19N4O2. The van der Waals surface area contributed by atoms with Crippen LogP contribution < -0.4 is 10.9 Å². The summed E-state index contributed by atoms with van der Waals surface area (Å²) >= 11 is 0. The van der Waals surface area contributed by atoms with Crippen LogP contribution in [-0.4, -0.2) is 47.7 Å². The Morgan fingerprint density at radius 3 is 2.84 bits per heavy atom. The fourth-order valence-electron chi connectivity index (χ4n) is 3.05. The number of nitrogens with one attached hydrogen (secondary N) is 2. The Morgan fingerprint density at radius 1 is 1.42 bits per heavy atom. The third kappa shape index (κ3) is 2.16. The van der Waals surface area contributed by atoms with Crippen LogP contribution in [0.2, 0.25) is 0 Å². The molecule has 6 nitrogen and oxygen atoms in total. The summed E-state index contributed by atoms with van der Waals surface area (Å²) in [7, 11) is 0. The average molecular weight is 263 g/mol. The molecular weight excluding hydrogens is 244 g/mol. The number of hydrazine groups is 1. The number of hydrogen-bond donors (Lipinski definition) is 2. The Balaban J connectivity index is 1.67. The molecule has 2 N–H and O–H groups in total. The number of ether oxygens (including phenoxy) is 1. The van der Waals surface area contributed by atoms with E-state index in [0.717, 1.165) is 38.3 Å². The average Bonchev–Trinajstić information content (AvgIpc) is 2.84. The second kappa shape index (κ2) is 4.77. The van der Waals surface area contributed by atoms with Crippen molar-refractivity contribution < 1.29 is 9.53 Å². The summed E-state index contributed by atoms with van der Waals surface area (Å²) < 4.78 is 5.89. The fraction of sp³-hybridized carbons (Fsp3) is 0.615. The lowest BCUT2D eigenvalue weighted by Gasteiger charge is -2.44. The largest absolute Gasteiger partial charge is 0.357 e. The zero-order valence-corrected chi connectivity index (χ0v) is 11.1. The van der Waals surface area contributed by atoms with Gasteiger partial charge in [-0.3, -0.25) is 15.6 Å². The highest BCUT2D eigenvalue weighted by atomic mass is 16.5. The third-order valence-electron chi connectivity index (χ3n) is 4.03. The van der Waals surface area contributed by atoms with E-state index in [-0.39, 0.29) is 11.6 Å². The Labute approximate surface area is 113 Å². The van der Waals surface area contributed by atoms with Gasteiger partial charge in [-0.15, -0.1) is 0 Å². The molecule has 0 unspecified atom stereocenters. The molecule has 0 aromatic carbocycles.